The maximum absolute atomic E-state index is 11.6. The van der Waals surface area contributed by atoms with Crippen LogP contribution in [-0.2, 0) is 4.74 Å². The zero-order valence-corrected chi connectivity index (χ0v) is 7.35. The van der Waals surface area contributed by atoms with E-state index in [1.54, 1.807) is 0 Å². The summed E-state index contributed by atoms with van der Waals surface area (Å²) in [6.45, 7) is 5.89. The van der Waals surface area contributed by atoms with Crippen molar-refractivity contribution in [2.24, 2.45) is 0 Å². The number of hydrogen-bond acceptors (Lipinski definition) is 2. The lowest BCUT2D eigenvalue weighted by Crippen LogP contribution is -2.12. The molecule has 0 saturated carbocycles. The normalized spacial score (nSPS) is 15.4. The van der Waals surface area contributed by atoms with E-state index in [9.17, 15) is 13.2 Å². The highest BCUT2D eigenvalue weighted by Gasteiger charge is 2.30. The molecule has 0 fully saturated rings. The third kappa shape index (κ3) is 6.21. The second-order valence-electron chi connectivity index (χ2n) is 2.55. The minimum absolute atomic E-state index is 0.168. The first-order valence-corrected chi connectivity index (χ1v) is 3.53. The molecule has 1 atom stereocenters. The summed E-state index contributed by atoms with van der Waals surface area (Å²) in [5.41, 5.74) is 0.168. The second kappa shape index (κ2) is 4.32. The van der Waals surface area contributed by atoms with Gasteiger partial charge in [-0.25, -0.2) is 0 Å². The lowest BCUT2D eigenvalue weighted by Gasteiger charge is -2.10. The average Bonchev–Trinajstić information content (AvgIpc) is 1.81. The molecule has 0 aliphatic heterocycles. The monoisotopic (exact) mass is 196 g/mol. The molecule has 1 N–H and O–H groups in total. The van der Waals surface area contributed by atoms with Gasteiger partial charge in [-0.05, 0) is 25.5 Å². The SMILES string of the molecule is C=C(/C=C(\C)OC(F)(F)F)[C@@H](C)O. The third-order valence-electron chi connectivity index (χ3n) is 1.20. The average molecular weight is 196 g/mol. The highest BCUT2D eigenvalue weighted by atomic mass is 19.4. The Bertz CT molecular complexity index is 216. The quantitative estimate of drug-likeness (QED) is 0.554. The number of aliphatic hydroxyl groups is 1. The van der Waals surface area contributed by atoms with Crippen molar-refractivity contribution in [3.05, 3.63) is 24.0 Å². The van der Waals surface area contributed by atoms with Crippen LogP contribution in [0.1, 0.15) is 13.8 Å². The van der Waals surface area contributed by atoms with Gasteiger partial charge in [0.15, 0.2) is 0 Å². The van der Waals surface area contributed by atoms with E-state index < -0.39 is 12.5 Å². The zero-order valence-electron chi connectivity index (χ0n) is 7.35. The van der Waals surface area contributed by atoms with Crippen LogP contribution in [0, 0.1) is 0 Å². The van der Waals surface area contributed by atoms with Gasteiger partial charge in [-0.1, -0.05) is 6.58 Å². The predicted octanol–water partition coefficient (Wildman–Crippen LogP) is 2.36. The molecule has 0 spiro atoms. The molecule has 76 valence electrons. The lowest BCUT2D eigenvalue weighted by molar-refractivity contribution is -0.305. The van der Waals surface area contributed by atoms with Gasteiger partial charge in [0.05, 0.1) is 6.10 Å². The predicted molar refractivity (Wildman–Crippen MR) is 41.7 cm³/mol. The first-order chi connectivity index (χ1) is 5.72. The van der Waals surface area contributed by atoms with Crippen molar-refractivity contribution >= 4 is 0 Å². The Balaban J connectivity index is 4.26. The number of rotatable bonds is 3. The van der Waals surface area contributed by atoms with Crippen LogP contribution in [0.2, 0.25) is 0 Å². The first-order valence-electron chi connectivity index (χ1n) is 3.53. The van der Waals surface area contributed by atoms with Crippen LogP contribution in [0.25, 0.3) is 0 Å². The molecule has 0 amide bonds. The van der Waals surface area contributed by atoms with Gasteiger partial charge in [0.2, 0.25) is 0 Å². The molecule has 5 heteroatoms. The van der Waals surface area contributed by atoms with E-state index in [1.807, 2.05) is 0 Å². The summed E-state index contributed by atoms with van der Waals surface area (Å²) in [6, 6.07) is 0. The molecule has 0 radical (unpaired) electrons. The van der Waals surface area contributed by atoms with Crippen molar-refractivity contribution in [2.45, 2.75) is 26.3 Å². The number of halogens is 3. The van der Waals surface area contributed by atoms with Crippen molar-refractivity contribution in [3.8, 4) is 0 Å². The highest BCUT2D eigenvalue weighted by Crippen LogP contribution is 2.21. The standard InChI is InChI=1S/C8H11F3O2/c1-5(7(3)12)4-6(2)13-8(9,10)11/h4,7,12H,1H2,2-3H3/b6-4+/t7-/m1/s1. The first kappa shape index (κ1) is 12.0. The van der Waals surface area contributed by atoms with Crippen LogP contribution in [0.15, 0.2) is 24.0 Å². The van der Waals surface area contributed by atoms with Crippen LogP contribution in [0.4, 0.5) is 13.2 Å². The molecular weight excluding hydrogens is 185 g/mol. The van der Waals surface area contributed by atoms with Gasteiger partial charge in [-0.3, -0.25) is 0 Å². The Kier molecular flexibility index (Phi) is 4.00. The second-order valence-corrected chi connectivity index (χ2v) is 2.55. The molecule has 0 heterocycles. The maximum atomic E-state index is 11.6. The van der Waals surface area contributed by atoms with E-state index in [0.717, 1.165) is 13.0 Å². The number of hydrogen-bond donors (Lipinski definition) is 1. The van der Waals surface area contributed by atoms with E-state index >= 15 is 0 Å². The summed E-state index contributed by atoms with van der Waals surface area (Å²) < 4.78 is 38.4. The summed E-state index contributed by atoms with van der Waals surface area (Å²) in [6.07, 6.45) is -4.54. The highest BCUT2D eigenvalue weighted by molar-refractivity contribution is 5.19. The summed E-state index contributed by atoms with van der Waals surface area (Å²) >= 11 is 0. The minimum atomic E-state index is -4.69. The minimum Gasteiger partial charge on any atom is -0.411 e. The van der Waals surface area contributed by atoms with Crippen LogP contribution < -0.4 is 0 Å². The van der Waals surface area contributed by atoms with Crippen molar-refractivity contribution in [1.29, 1.82) is 0 Å². The van der Waals surface area contributed by atoms with Crippen molar-refractivity contribution in [3.63, 3.8) is 0 Å². The smallest absolute Gasteiger partial charge is 0.411 e. The maximum Gasteiger partial charge on any atom is 0.572 e. The Morgan fingerprint density at radius 1 is 1.54 bits per heavy atom. The molecule has 0 bridgehead atoms. The fraction of sp³-hybridized carbons (Fsp3) is 0.500. The molecule has 0 aliphatic carbocycles. The molecule has 0 aromatic rings. The summed E-state index contributed by atoms with van der Waals surface area (Å²) in [5.74, 6) is -0.349. The summed E-state index contributed by atoms with van der Waals surface area (Å²) in [4.78, 5) is 0. The van der Waals surface area contributed by atoms with E-state index in [2.05, 4.69) is 11.3 Å². The molecule has 0 rings (SSSR count). The van der Waals surface area contributed by atoms with E-state index in [0.29, 0.717) is 0 Å². The summed E-state index contributed by atoms with van der Waals surface area (Å²) in [5, 5.41) is 8.89. The van der Waals surface area contributed by atoms with Crippen LogP contribution in [-0.4, -0.2) is 17.6 Å². The van der Waals surface area contributed by atoms with Crippen molar-refractivity contribution < 1.29 is 23.0 Å². The fourth-order valence-corrected chi connectivity index (χ4v) is 0.594. The lowest BCUT2D eigenvalue weighted by atomic mass is 10.2. The van der Waals surface area contributed by atoms with Gasteiger partial charge >= 0.3 is 6.36 Å². The Morgan fingerprint density at radius 3 is 2.31 bits per heavy atom. The number of allylic oxidation sites excluding steroid dienone is 1. The largest absolute Gasteiger partial charge is 0.572 e. The van der Waals surface area contributed by atoms with Crippen LogP contribution in [0.5, 0.6) is 0 Å². The third-order valence-corrected chi connectivity index (χ3v) is 1.20. The molecule has 0 aromatic carbocycles. The Labute approximate surface area is 74.3 Å². The fourth-order valence-electron chi connectivity index (χ4n) is 0.594. The molecule has 0 aliphatic rings. The van der Waals surface area contributed by atoms with Crippen LogP contribution >= 0.6 is 0 Å². The van der Waals surface area contributed by atoms with Crippen molar-refractivity contribution in [1.82, 2.24) is 0 Å². The Hall–Kier alpha value is -0.970. The van der Waals surface area contributed by atoms with Crippen LogP contribution in [0.3, 0.4) is 0 Å². The van der Waals surface area contributed by atoms with Gasteiger partial charge in [0.1, 0.15) is 5.76 Å². The molecule has 0 aromatic heterocycles. The Morgan fingerprint density at radius 2 is 2.00 bits per heavy atom. The number of aliphatic hydroxyl groups excluding tert-OH is 1. The summed E-state index contributed by atoms with van der Waals surface area (Å²) in [7, 11) is 0. The van der Waals surface area contributed by atoms with Gasteiger partial charge in [-0.15, -0.1) is 13.2 Å². The number of ether oxygens (including phenoxy) is 1. The zero-order chi connectivity index (χ0) is 10.6. The number of alkyl halides is 3. The van der Waals surface area contributed by atoms with Gasteiger partial charge < -0.3 is 9.84 Å². The molecular formula is C8H11F3O2. The van der Waals surface area contributed by atoms with E-state index in [4.69, 9.17) is 5.11 Å². The molecule has 2 nitrogen and oxygen atoms in total. The van der Waals surface area contributed by atoms with Crippen molar-refractivity contribution in [2.75, 3.05) is 0 Å². The molecule has 0 saturated heterocycles. The van der Waals surface area contributed by atoms with E-state index in [1.165, 1.54) is 6.92 Å². The van der Waals surface area contributed by atoms with Gasteiger partial charge in [0.25, 0.3) is 0 Å². The van der Waals surface area contributed by atoms with Gasteiger partial charge in [0, 0.05) is 0 Å². The van der Waals surface area contributed by atoms with Gasteiger partial charge in [-0.2, -0.15) is 0 Å². The molecule has 0 unspecified atom stereocenters. The van der Waals surface area contributed by atoms with E-state index in [-0.39, 0.29) is 11.3 Å². The molecule has 13 heavy (non-hydrogen) atoms. The topological polar surface area (TPSA) is 29.5 Å².